The molecule has 2 amide bonds. The smallest absolute Gasteiger partial charge is 0.273 e. The van der Waals surface area contributed by atoms with Gasteiger partial charge in [0.25, 0.3) is 11.8 Å². The lowest BCUT2D eigenvalue weighted by Gasteiger charge is -2.30. The van der Waals surface area contributed by atoms with Crippen molar-refractivity contribution < 1.29 is 14.1 Å². The van der Waals surface area contributed by atoms with Crippen molar-refractivity contribution in [2.45, 2.75) is 65.5 Å². The molecule has 0 fully saturated rings. The summed E-state index contributed by atoms with van der Waals surface area (Å²) in [5, 5.41) is 8.97. The van der Waals surface area contributed by atoms with E-state index < -0.39 is 0 Å². The van der Waals surface area contributed by atoms with Gasteiger partial charge in [-0.3, -0.25) is 14.6 Å². The molecule has 1 aliphatic carbocycles. The van der Waals surface area contributed by atoms with Crippen LogP contribution in [0.3, 0.4) is 0 Å². The molecule has 7 nitrogen and oxygen atoms in total. The molecule has 0 radical (unpaired) electrons. The van der Waals surface area contributed by atoms with Crippen molar-refractivity contribution in [1.29, 1.82) is 0 Å². The van der Waals surface area contributed by atoms with Crippen molar-refractivity contribution in [1.82, 2.24) is 20.4 Å². The maximum absolute atomic E-state index is 13.3. The van der Waals surface area contributed by atoms with Gasteiger partial charge in [-0.15, -0.1) is 11.3 Å². The van der Waals surface area contributed by atoms with E-state index >= 15 is 0 Å². The zero-order valence-corrected chi connectivity index (χ0v) is 19.9. The van der Waals surface area contributed by atoms with E-state index in [-0.39, 0.29) is 11.8 Å². The van der Waals surface area contributed by atoms with Crippen LogP contribution in [0.5, 0.6) is 0 Å². The zero-order chi connectivity index (χ0) is 22.9. The van der Waals surface area contributed by atoms with E-state index in [2.05, 4.69) is 20.8 Å². The number of aryl methyl sites for hydroxylation is 3. The fourth-order valence-corrected chi connectivity index (χ4v) is 5.94. The topological polar surface area (TPSA) is 88.3 Å². The van der Waals surface area contributed by atoms with Gasteiger partial charge in [-0.05, 0) is 72.2 Å². The fraction of sp³-hybridized carbons (Fsp3) is 0.440. The molecule has 1 N–H and O–H groups in total. The summed E-state index contributed by atoms with van der Waals surface area (Å²) in [5.41, 5.74) is 7.10. The first-order chi connectivity index (χ1) is 16.0. The molecule has 3 aromatic heterocycles. The van der Waals surface area contributed by atoms with Crippen molar-refractivity contribution in [3.8, 4) is 0 Å². The molecule has 0 spiro atoms. The van der Waals surface area contributed by atoms with Gasteiger partial charge in [0.1, 0.15) is 5.76 Å². The molecule has 0 saturated carbocycles. The average Bonchev–Trinajstić information content (AvgIpc) is 3.50. The Labute approximate surface area is 197 Å². The molecule has 33 heavy (non-hydrogen) atoms. The quantitative estimate of drug-likeness (QED) is 0.616. The number of hydrogen-bond acceptors (Lipinski definition) is 6. The Morgan fingerprint density at radius 1 is 1.18 bits per heavy atom. The normalized spacial score (nSPS) is 15.2. The van der Waals surface area contributed by atoms with Crippen molar-refractivity contribution in [3.63, 3.8) is 0 Å². The van der Waals surface area contributed by atoms with Gasteiger partial charge in [0.05, 0.1) is 4.88 Å². The maximum Gasteiger partial charge on any atom is 0.273 e. The first kappa shape index (κ1) is 21.8. The lowest BCUT2D eigenvalue weighted by molar-refractivity contribution is 0.0737. The Morgan fingerprint density at radius 3 is 2.85 bits per heavy atom. The monoisotopic (exact) mass is 464 g/mol. The van der Waals surface area contributed by atoms with E-state index in [1.165, 1.54) is 29.5 Å². The lowest BCUT2D eigenvalue weighted by atomic mass is 9.92. The van der Waals surface area contributed by atoms with Crippen LogP contribution in [0.15, 0.2) is 22.2 Å². The zero-order valence-electron chi connectivity index (χ0n) is 19.1. The van der Waals surface area contributed by atoms with Crippen LogP contribution in [0, 0.1) is 6.92 Å². The number of fused-ring (bicyclic) bond motifs is 2. The van der Waals surface area contributed by atoms with Crippen LogP contribution >= 0.6 is 11.3 Å². The summed E-state index contributed by atoms with van der Waals surface area (Å²) >= 11 is 1.60. The Kier molecular flexibility index (Phi) is 6.01. The maximum atomic E-state index is 13.3. The van der Waals surface area contributed by atoms with E-state index in [9.17, 15) is 9.59 Å². The highest BCUT2D eigenvalue weighted by molar-refractivity contribution is 7.12. The molecular weight excluding hydrogens is 436 g/mol. The van der Waals surface area contributed by atoms with Gasteiger partial charge in [-0.25, -0.2) is 0 Å². The SMILES string of the molecule is CCc1cc(C(=O)NCc2c(C)ncc3c2CCN(C(=O)c2scc4c2CCCC4)C3)no1. The number of hydrogen-bond donors (Lipinski definition) is 1. The Balaban J connectivity index is 1.31. The first-order valence-corrected chi connectivity index (χ1v) is 12.5. The number of carbonyl (C=O) groups is 2. The number of aromatic nitrogens is 2. The Morgan fingerprint density at radius 2 is 2.03 bits per heavy atom. The number of rotatable bonds is 5. The van der Waals surface area contributed by atoms with Crippen LogP contribution < -0.4 is 5.32 Å². The number of amides is 2. The summed E-state index contributed by atoms with van der Waals surface area (Å²) < 4.78 is 5.14. The van der Waals surface area contributed by atoms with Crippen molar-refractivity contribution >= 4 is 23.2 Å². The second kappa shape index (κ2) is 9.09. The van der Waals surface area contributed by atoms with Crippen LogP contribution in [-0.4, -0.2) is 33.4 Å². The molecule has 3 aromatic rings. The van der Waals surface area contributed by atoms with Crippen LogP contribution in [0.25, 0.3) is 0 Å². The van der Waals surface area contributed by atoms with E-state index in [4.69, 9.17) is 4.52 Å². The Bertz CT molecular complexity index is 1210. The summed E-state index contributed by atoms with van der Waals surface area (Å²) in [4.78, 5) is 33.3. The first-order valence-electron chi connectivity index (χ1n) is 11.6. The molecule has 0 aromatic carbocycles. The largest absolute Gasteiger partial charge is 0.361 e. The van der Waals surface area contributed by atoms with Crippen LogP contribution in [0.2, 0.25) is 0 Å². The number of nitrogens with zero attached hydrogens (tertiary/aromatic N) is 3. The molecule has 4 heterocycles. The van der Waals surface area contributed by atoms with E-state index in [0.717, 1.165) is 41.0 Å². The standard InChI is InChI=1S/C25H28N4O3S/c1-3-18-10-22(28-32-18)24(30)27-12-21-15(2)26-11-17-13-29(9-8-19(17)21)25(31)23-20-7-5-4-6-16(20)14-33-23/h10-11,14H,3-9,12-13H2,1-2H3,(H,27,30). The predicted octanol–water partition coefficient (Wildman–Crippen LogP) is 4.01. The Hall–Kier alpha value is -3.00. The highest BCUT2D eigenvalue weighted by Crippen LogP contribution is 2.32. The molecule has 8 heteroatoms. The van der Waals surface area contributed by atoms with Gasteiger partial charge < -0.3 is 14.7 Å². The molecular formula is C25H28N4O3S. The van der Waals surface area contributed by atoms with Crippen LogP contribution in [0.4, 0.5) is 0 Å². The minimum Gasteiger partial charge on any atom is -0.361 e. The van der Waals surface area contributed by atoms with Gasteiger partial charge in [-0.1, -0.05) is 12.1 Å². The molecule has 5 rings (SSSR count). The third-order valence-electron chi connectivity index (χ3n) is 6.75. The van der Waals surface area contributed by atoms with Crippen molar-refractivity contribution in [3.05, 3.63) is 67.5 Å². The predicted molar refractivity (Wildman–Crippen MR) is 125 cm³/mol. The van der Waals surface area contributed by atoms with Crippen LogP contribution in [0.1, 0.15) is 79.2 Å². The summed E-state index contributed by atoms with van der Waals surface area (Å²) in [5.74, 6) is 0.569. The summed E-state index contributed by atoms with van der Waals surface area (Å²) in [6.07, 6.45) is 7.82. The molecule has 0 bridgehead atoms. The molecule has 2 aliphatic rings. The number of carbonyl (C=O) groups excluding carboxylic acids is 2. The van der Waals surface area contributed by atoms with Crippen molar-refractivity contribution in [2.75, 3.05) is 6.54 Å². The second-order valence-corrected chi connectivity index (χ2v) is 9.67. The number of thiophene rings is 1. The summed E-state index contributed by atoms with van der Waals surface area (Å²) in [6, 6.07) is 1.67. The lowest BCUT2D eigenvalue weighted by Crippen LogP contribution is -2.37. The van der Waals surface area contributed by atoms with Gasteiger partial charge in [0.2, 0.25) is 0 Å². The highest BCUT2D eigenvalue weighted by atomic mass is 32.1. The molecule has 1 aliphatic heterocycles. The summed E-state index contributed by atoms with van der Waals surface area (Å²) in [6.45, 7) is 5.52. The molecule has 0 saturated heterocycles. The third-order valence-corrected chi connectivity index (χ3v) is 7.81. The van der Waals surface area contributed by atoms with Crippen molar-refractivity contribution in [2.24, 2.45) is 0 Å². The van der Waals surface area contributed by atoms with E-state index in [1.807, 2.05) is 24.9 Å². The van der Waals surface area contributed by atoms with Gasteiger partial charge in [-0.2, -0.15) is 0 Å². The van der Waals surface area contributed by atoms with Gasteiger partial charge in [0.15, 0.2) is 5.69 Å². The van der Waals surface area contributed by atoms with E-state index in [1.54, 1.807) is 17.4 Å². The minimum absolute atomic E-state index is 0.141. The third kappa shape index (κ3) is 4.19. The molecule has 172 valence electrons. The molecule has 0 unspecified atom stereocenters. The summed E-state index contributed by atoms with van der Waals surface area (Å²) in [7, 11) is 0. The van der Waals surface area contributed by atoms with E-state index in [0.29, 0.717) is 37.5 Å². The highest BCUT2D eigenvalue weighted by Gasteiger charge is 2.28. The van der Waals surface area contributed by atoms with Gasteiger partial charge in [0, 0.05) is 44.0 Å². The van der Waals surface area contributed by atoms with Gasteiger partial charge >= 0.3 is 0 Å². The number of pyridine rings is 1. The minimum atomic E-state index is -0.259. The average molecular weight is 465 g/mol. The molecule has 0 atom stereocenters. The fourth-order valence-electron chi connectivity index (χ4n) is 4.82. The second-order valence-electron chi connectivity index (χ2n) is 8.79. The van der Waals surface area contributed by atoms with Crippen LogP contribution in [-0.2, 0) is 38.8 Å². The number of nitrogens with one attached hydrogen (secondary N) is 1.